The number of thiazole rings is 1. The lowest BCUT2D eigenvalue weighted by molar-refractivity contribution is -0.114. The van der Waals surface area contributed by atoms with Gasteiger partial charge in [0.05, 0.1) is 0 Å². The van der Waals surface area contributed by atoms with Crippen LogP contribution in [0.5, 0.6) is 0 Å². The molecule has 8 heteroatoms. The van der Waals surface area contributed by atoms with Crippen molar-refractivity contribution >= 4 is 42.1 Å². The lowest BCUT2D eigenvalue weighted by Gasteiger charge is -1.92. The van der Waals surface area contributed by atoms with Gasteiger partial charge in [0, 0.05) is 23.0 Å². The van der Waals surface area contributed by atoms with Gasteiger partial charge in [-0.1, -0.05) is 0 Å². The second-order valence-electron chi connectivity index (χ2n) is 2.11. The van der Waals surface area contributed by atoms with Gasteiger partial charge in [-0.2, -0.15) is 0 Å². The zero-order chi connectivity index (χ0) is 10.1. The number of rotatable bonds is 2. The maximum Gasteiger partial charge on any atom is 0.279 e. The Morgan fingerprint density at radius 3 is 2.69 bits per heavy atom. The predicted octanol–water partition coefficient (Wildman–Crippen LogP) is 1.03. The summed E-state index contributed by atoms with van der Waals surface area (Å²) in [5.74, 6) is -0.312. The van der Waals surface area contributed by atoms with Crippen LogP contribution < -0.4 is 5.32 Å². The van der Waals surface area contributed by atoms with Gasteiger partial charge in [-0.05, 0) is 0 Å². The number of hydrogen-bond donors (Lipinski definition) is 1. The van der Waals surface area contributed by atoms with E-state index in [1.807, 2.05) is 0 Å². The zero-order valence-corrected chi connectivity index (χ0v) is 8.83. The van der Waals surface area contributed by atoms with Crippen LogP contribution in [0.4, 0.5) is 5.13 Å². The normalized spacial score (nSPS) is 11.2. The molecule has 13 heavy (non-hydrogen) atoms. The number of anilines is 1. The fraction of sp³-hybridized carbons (Fsp3) is 0.200. The zero-order valence-electron chi connectivity index (χ0n) is 6.44. The summed E-state index contributed by atoms with van der Waals surface area (Å²) in [7, 11) is 1.21. The summed E-state index contributed by atoms with van der Waals surface area (Å²) in [6.45, 7) is 1.30. The first-order valence-corrected chi connectivity index (χ1v) is 6.26. The molecule has 1 aromatic heterocycles. The maximum absolute atomic E-state index is 10.7. The summed E-state index contributed by atoms with van der Waals surface area (Å²) in [6, 6.07) is 0. The van der Waals surface area contributed by atoms with E-state index in [1.165, 1.54) is 12.3 Å². The highest BCUT2D eigenvalue weighted by atomic mass is 35.7. The number of nitrogens with one attached hydrogen (secondary N) is 1. The Labute approximate surface area is 83.2 Å². The summed E-state index contributed by atoms with van der Waals surface area (Å²) < 4.78 is 21.5. The first kappa shape index (κ1) is 10.4. The van der Waals surface area contributed by atoms with Gasteiger partial charge in [0.25, 0.3) is 9.05 Å². The molecule has 0 aromatic carbocycles. The average molecular weight is 241 g/mol. The first-order valence-electron chi connectivity index (χ1n) is 3.07. The number of carbonyl (C=O) groups excluding carboxylic acids is 1. The maximum atomic E-state index is 10.7. The average Bonchev–Trinajstić information content (AvgIpc) is 2.32. The van der Waals surface area contributed by atoms with Gasteiger partial charge in [-0.15, -0.1) is 11.3 Å². The molecule has 5 nitrogen and oxygen atoms in total. The molecule has 0 radical (unpaired) electrons. The van der Waals surface area contributed by atoms with Gasteiger partial charge in [0.1, 0.15) is 0 Å². The van der Waals surface area contributed by atoms with Crippen LogP contribution in [0, 0.1) is 0 Å². The molecular formula is C5H5ClN2O3S2. The fourth-order valence-electron chi connectivity index (χ4n) is 0.579. The second kappa shape index (κ2) is 3.60. The molecule has 0 saturated carbocycles. The summed E-state index contributed by atoms with van der Waals surface area (Å²) in [5.41, 5.74) is 0. The van der Waals surface area contributed by atoms with Crippen molar-refractivity contribution in [2.75, 3.05) is 5.32 Å². The highest BCUT2D eigenvalue weighted by Gasteiger charge is 2.14. The number of aromatic nitrogens is 1. The smallest absolute Gasteiger partial charge is 0.279 e. The van der Waals surface area contributed by atoms with Crippen molar-refractivity contribution in [2.45, 2.75) is 11.9 Å². The van der Waals surface area contributed by atoms with Crippen molar-refractivity contribution in [1.82, 2.24) is 4.98 Å². The summed E-state index contributed by atoms with van der Waals surface area (Å²) in [4.78, 5) is 14.1. The molecule has 1 heterocycles. The van der Waals surface area contributed by atoms with E-state index in [4.69, 9.17) is 10.7 Å². The fourth-order valence-corrected chi connectivity index (χ4v) is 2.49. The lowest BCUT2D eigenvalue weighted by atomic mass is 10.7. The molecule has 1 N–H and O–H groups in total. The molecule has 0 bridgehead atoms. The Bertz CT molecular complexity index is 425. The van der Waals surface area contributed by atoms with Crippen LogP contribution in [0.1, 0.15) is 6.92 Å². The molecule has 0 aliphatic carbocycles. The molecule has 0 unspecified atom stereocenters. The van der Waals surface area contributed by atoms with Crippen molar-refractivity contribution in [2.24, 2.45) is 0 Å². The predicted molar refractivity (Wildman–Crippen MR) is 49.5 cm³/mol. The van der Waals surface area contributed by atoms with E-state index in [-0.39, 0.29) is 16.1 Å². The molecule has 0 atom stereocenters. The first-order chi connectivity index (χ1) is 5.89. The van der Waals surface area contributed by atoms with Gasteiger partial charge >= 0.3 is 0 Å². The molecule has 0 spiro atoms. The van der Waals surface area contributed by atoms with Crippen LogP contribution in [0.3, 0.4) is 0 Å². The number of carbonyl (C=O) groups is 1. The van der Waals surface area contributed by atoms with E-state index in [2.05, 4.69) is 10.3 Å². The molecule has 72 valence electrons. The quantitative estimate of drug-likeness (QED) is 0.784. The Morgan fingerprint density at radius 1 is 1.69 bits per heavy atom. The topological polar surface area (TPSA) is 76.1 Å². The molecule has 0 aliphatic heterocycles. The molecule has 1 amide bonds. The molecular weight excluding hydrogens is 236 g/mol. The second-order valence-corrected chi connectivity index (χ2v) is 5.48. The van der Waals surface area contributed by atoms with Crippen molar-refractivity contribution in [3.63, 3.8) is 0 Å². The van der Waals surface area contributed by atoms with Crippen molar-refractivity contribution < 1.29 is 13.2 Å². The van der Waals surface area contributed by atoms with E-state index in [1.54, 1.807) is 0 Å². The number of hydrogen-bond acceptors (Lipinski definition) is 5. The van der Waals surface area contributed by atoms with Crippen LogP contribution in [-0.4, -0.2) is 19.3 Å². The van der Waals surface area contributed by atoms with Gasteiger partial charge in [0.2, 0.25) is 5.91 Å². The van der Waals surface area contributed by atoms with E-state index in [0.29, 0.717) is 0 Å². The lowest BCUT2D eigenvalue weighted by Crippen LogP contribution is -2.05. The van der Waals surface area contributed by atoms with Crippen LogP contribution >= 0.6 is 22.0 Å². The minimum absolute atomic E-state index is 0.215. The third-order valence-electron chi connectivity index (χ3n) is 1.02. The number of nitrogens with zero attached hydrogens (tertiary/aromatic N) is 1. The molecule has 0 aliphatic rings. The highest BCUT2D eigenvalue weighted by molar-refractivity contribution is 8.13. The van der Waals surface area contributed by atoms with E-state index < -0.39 is 9.05 Å². The van der Waals surface area contributed by atoms with E-state index >= 15 is 0 Å². The van der Waals surface area contributed by atoms with Crippen molar-refractivity contribution in [1.29, 1.82) is 0 Å². The third-order valence-corrected chi connectivity index (χ3v) is 3.11. The number of amides is 1. The molecule has 0 fully saturated rings. The molecule has 1 rings (SSSR count). The summed E-state index contributed by atoms with van der Waals surface area (Å²) in [5, 5.41) is 3.57. The Morgan fingerprint density at radius 2 is 2.31 bits per heavy atom. The van der Waals surface area contributed by atoms with Gasteiger partial charge in [-0.25, -0.2) is 13.4 Å². The molecule has 0 saturated heterocycles. The highest BCUT2D eigenvalue weighted by Crippen LogP contribution is 2.21. The van der Waals surface area contributed by atoms with Crippen molar-refractivity contribution in [3.8, 4) is 0 Å². The van der Waals surface area contributed by atoms with Crippen LogP contribution in [0.25, 0.3) is 0 Å². The van der Waals surface area contributed by atoms with Crippen LogP contribution in [0.2, 0.25) is 0 Å². The summed E-state index contributed by atoms with van der Waals surface area (Å²) in [6.07, 6.45) is 0. The third kappa shape index (κ3) is 2.94. The largest absolute Gasteiger partial charge is 0.302 e. The van der Waals surface area contributed by atoms with Crippen LogP contribution in [-0.2, 0) is 13.8 Å². The number of halogens is 1. The minimum Gasteiger partial charge on any atom is -0.302 e. The SMILES string of the molecule is CC(=O)Nc1nc(S(=O)(=O)Cl)cs1. The Balaban J connectivity index is 2.94. The van der Waals surface area contributed by atoms with E-state index in [9.17, 15) is 13.2 Å². The van der Waals surface area contributed by atoms with Gasteiger partial charge < -0.3 is 5.32 Å². The minimum atomic E-state index is -3.80. The molecule has 1 aromatic rings. The van der Waals surface area contributed by atoms with Crippen molar-refractivity contribution in [3.05, 3.63) is 5.38 Å². The Hall–Kier alpha value is -0.660. The standard InChI is InChI=1S/C5H5ClN2O3S2/c1-3(9)7-5-8-4(2-12-5)13(6,10)11/h2H,1H3,(H,7,8,9). The van der Waals surface area contributed by atoms with Gasteiger partial charge in [-0.3, -0.25) is 4.79 Å². The monoisotopic (exact) mass is 240 g/mol. The Kier molecular flexibility index (Phi) is 2.89. The van der Waals surface area contributed by atoms with Crippen LogP contribution in [0.15, 0.2) is 10.4 Å². The summed E-state index contributed by atoms with van der Waals surface area (Å²) >= 11 is 0.998. The van der Waals surface area contributed by atoms with E-state index in [0.717, 1.165) is 11.3 Å². The van der Waals surface area contributed by atoms with Gasteiger partial charge in [0.15, 0.2) is 10.2 Å².